The molecule has 1 aliphatic heterocycles. The number of anilines is 1. The number of hydrogen-bond acceptors (Lipinski definition) is 7. The number of nitrogens with zero attached hydrogens (tertiary/aromatic N) is 2. The molecule has 1 aliphatic rings. The molecule has 3 heterocycles. The fourth-order valence-corrected chi connectivity index (χ4v) is 5.16. The van der Waals surface area contributed by atoms with E-state index in [1.165, 1.54) is 22.4 Å². The van der Waals surface area contributed by atoms with Crippen molar-refractivity contribution in [3.05, 3.63) is 83.2 Å². The molecule has 1 amide bonds. The summed E-state index contributed by atoms with van der Waals surface area (Å²) in [5, 5.41) is 21.0. The predicted molar refractivity (Wildman–Crippen MR) is 160 cm³/mol. The van der Waals surface area contributed by atoms with Crippen LogP contribution in [-0.2, 0) is 20.8 Å². The lowest BCUT2D eigenvalue weighted by Gasteiger charge is -2.36. The quantitative estimate of drug-likeness (QED) is 0.220. The zero-order chi connectivity index (χ0) is 29.2. The first-order valence-corrected chi connectivity index (χ1v) is 14.0. The minimum Gasteiger partial charge on any atom is -0.484 e. The average molecular weight is 577 g/mol. The van der Waals surface area contributed by atoms with Crippen LogP contribution in [0.3, 0.4) is 0 Å². The molecular weight excluding hydrogens is 544 g/mol. The van der Waals surface area contributed by atoms with Gasteiger partial charge in [-0.15, -0.1) is 0 Å². The van der Waals surface area contributed by atoms with Gasteiger partial charge in [0.15, 0.2) is 6.61 Å². The third kappa shape index (κ3) is 8.19. The molecule has 0 bridgehead atoms. The van der Waals surface area contributed by atoms with Crippen molar-refractivity contribution >= 4 is 45.8 Å². The molecule has 0 unspecified atom stereocenters. The molecule has 4 aromatic rings. The normalized spacial score (nSPS) is 13.2. The van der Waals surface area contributed by atoms with Crippen LogP contribution >= 0.6 is 11.3 Å². The van der Waals surface area contributed by atoms with Gasteiger partial charge >= 0.3 is 11.9 Å². The highest BCUT2D eigenvalue weighted by Gasteiger charge is 2.22. The molecule has 41 heavy (non-hydrogen) atoms. The van der Waals surface area contributed by atoms with Crippen LogP contribution in [0.4, 0.5) is 5.69 Å². The number of ether oxygens (including phenoxy) is 1. The molecule has 2 aromatic heterocycles. The van der Waals surface area contributed by atoms with Gasteiger partial charge in [-0.25, -0.2) is 9.59 Å². The molecule has 1 fully saturated rings. The van der Waals surface area contributed by atoms with Crippen molar-refractivity contribution in [1.29, 1.82) is 0 Å². The van der Waals surface area contributed by atoms with Crippen molar-refractivity contribution in [2.75, 3.05) is 44.2 Å². The zero-order valence-electron chi connectivity index (χ0n) is 22.4. The number of carboxylic acids is 2. The minimum atomic E-state index is -1.26. The fourth-order valence-electron chi connectivity index (χ4n) is 4.50. The van der Waals surface area contributed by atoms with Gasteiger partial charge in [0.05, 0.1) is 0 Å². The van der Waals surface area contributed by atoms with Gasteiger partial charge in [-0.1, -0.05) is 12.1 Å². The Morgan fingerprint density at radius 3 is 2.27 bits per heavy atom. The molecular formula is C30H32N4O6S. The SMILES string of the molecule is NCCc1c[nH]c2ccc(OCC(=O)N3CCN(c4ccc(-c5ccsc5)cc4)CC3)cc12.O=C(O)/C=C/C(=O)O. The molecule has 0 saturated carbocycles. The summed E-state index contributed by atoms with van der Waals surface area (Å²) in [5.74, 6) is -1.78. The van der Waals surface area contributed by atoms with Crippen molar-refractivity contribution in [3.63, 3.8) is 0 Å². The summed E-state index contributed by atoms with van der Waals surface area (Å²) in [5.41, 5.74) is 11.6. The van der Waals surface area contributed by atoms with Crippen molar-refractivity contribution in [2.24, 2.45) is 5.73 Å². The second kappa shape index (κ2) is 14.1. The fraction of sp³-hybridized carbons (Fsp3) is 0.233. The first-order chi connectivity index (χ1) is 19.8. The Hall–Kier alpha value is -4.61. The van der Waals surface area contributed by atoms with Gasteiger partial charge in [0, 0.05) is 61.1 Å². The molecule has 2 aromatic carbocycles. The number of fused-ring (bicyclic) bond motifs is 1. The van der Waals surface area contributed by atoms with Gasteiger partial charge in [-0.3, -0.25) is 4.79 Å². The topological polar surface area (TPSA) is 149 Å². The Morgan fingerprint density at radius 2 is 1.66 bits per heavy atom. The third-order valence-electron chi connectivity index (χ3n) is 6.60. The number of carbonyl (C=O) groups is 3. The maximum Gasteiger partial charge on any atom is 0.328 e. The van der Waals surface area contributed by atoms with Crippen LogP contribution in [-0.4, -0.2) is 77.3 Å². The number of carbonyl (C=O) groups excluding carboxylic acids is 1. The lowest BCUT2D eigenvalue weighted by molar-refractivity contribution is -0.134. The molecule has 0 radical (unpaired) electrons. The minimum absolute atomic E-state index is 0.0267. The van der Waals surface area contributed by atoms with Crippen LogP contribution in [0, 0.1) is 0 Å². The van der Waals surface area contributed by atoms with Crippen LogP contribution < -0.4 is 15.4 Å². The lowest BCUT2D eigenvalue weighted by Crippen LogP contribution is -2.50. The van der Waals surface area contributed by atoms with Crippen molar-refractivity contribution < 1.29 is 29.3 Å². The van der Waals surface area contributed by atoms with Crippen molar-refractivity contribution in [2.45, 2.75) is 6.42 Å². The number of aromatic nitrogens is 1. The highest BCUT2D eigenvalue weighted by Crippen LogP contribution is 2.26. The molecule has 5 rings (SSSR count). The number of rotatable bonds is 9. The molecule has 214 valence electrons. The van der Waals surface area contributed by atoms with Gasteiger partial charge in [0.25, 0.3) is 5.91 Å². The Balaban J connectivity index is 0.000000426. The smallest absolute Gasteiger partial charge is 0.328 e. The van der Waals surface area contributed by atoms with Gasteiger partial charge in [0.2, 0.25) is 0 Å². The van der Waals surface area contributed by atoms with E-state index in [1.807, 2.05) is 29.3 Å². The Kier molecular flexibility index (Phi) is 10.1. The van der Waals surface area contributed by atoms with E-state index in [-0.39, 0.29) is 12.5 Å². The summed E-state index contributed by atoms with van der Waals surface area (Å²) < 4.78 is 5.84. The van der Waals surface area contributed by atoms with Gasteiger partial charge in [-0.2, -0.15) is 11.3 Å². The van der Waals surface area contributed by atoms with E-state index < -0.39 is 11.9 Å². The zero-order valence-corrected chi connectivity index (χ0v) is 23.2. The summed E-state index contributed by atoms with van der Waals surface area (Å²) in [6.07, 6.45) is 3.91. The molecule has 5 N–H and O–H groups in total. The first-order valence-electron chi connectivity index (χ1n) is 13.1. The van der Waals surface area contributed by atoms with Crippen molar-refractivity contribution in [3.8, 4) is 16.9 Å². The summed E-state index contributed by atoms with van der Waals surface area (Å²) in [7, 11) is 0. The van der Waals surface area contributed by atoms with E-state index in [4.69, 9.17) is 20.7 Å². The number of H-pyrrole nitrogens is 1. The highest BCUT2D eigenvalue weighted by atomic mass is 32.1. The maximum atomic E-state index is 12.7. The summed E-state index contributed by atoms with van der Waals surface area (Å²) in [6.45, 7) is 3.69. The third-order valence-corrected chi connectivity index (χ3v) is 7.29. The van der Waals surface area contributed by atoms with Crippen LogP contribution in [0.1, 0.15) is 5.56 Å². The van der Waals surface area contributed by atoms with E-state index in [0.29, 0.717) is 37.5 Å². The number of nitrogens with one attached hydrogen (secondary N) is 1. The maximum absolute atomic E-state index is 12.7. The largest absolute Gasteiger partial charge is 0.484 e. The van der Waals surface area contributed by atoms with Crippen LogP contribution in [0.25, 0.3) is 22.0 Å². The van der Waals surface area contributed by atoms with E-state index in [2.05, 4.69) is 51.0 Å². The first kappa shape index (κ1) is 29.4. The summed E-state index contributed by atoms with van der Waals surface area (Å²) in [4.78, 5) is 39.3. The number of thiophene rings is 1. The number of hydrogen-bond donors (Lipinski definition) is 4. The molecule has 0 spiro atoms. The Morgan fingerprint density at radius 1 is 0.951 bits per heavy atom. The summed E-state index contributed by atoms with van der Waals surface area (Å²) >= 11 is 1.71. The number of amides is 1. The predicted octanol–water partition coefficient (Wildman–Crippen LogP) is 3.84. The van der Waals surface area contributed by atoms with E-state index in [1.54, 1.807) is 11.3 Å². The summed E-state index contributed by atoms with van der Waals surface area (Å²) in [6, 6.07) is 16.7. The van der Waals surface area contributed by atoms with Gasteiger partial charge in [-0.05, 0) is 76.8 Å². The average Bonchev–Trinajstić information content (AvgIpc) is 3.66. The number of carboxylic acid groups (broad SMARTS) is 2. The number of benzene rings is 2. The van der Waals surface area contributed by atoms with Crippen LogP contribution in [0.5, 0.6) is 5.75 Å². The lowest BCUT2D eigenvalue weighted by atomic mass is 10.1. The van der Waals surface area contributed by atoms with E-state index in [9.17, 15) is 14.4 Å². The van der Waals surface area contributed by atoms with Gasteiger partial charge < -0.3 is 35.5 Å². The van der Waals surface area contributed by atoms with Crippen LogP contribution in [0.15, 0.2) is 77.6 Å². The second-order valence-electron chi connectivity index (χ2n) is 9.29. The molecule has 0 atom stereocenters. The number of piperazine rings is 1. The Labute approximate surface area is 241 Å². The molecule has 1 saturated heterocycles. The monoisotopic (exact) mass is 576 g/mol. The number of aliphatic carboxylic acids is 2. The standard InChI is InChI=1S/C26H28N4O2S.C4H4O4/c27-9-7-20-16-28-25-6-5-23(15-24(20)25)32-17-26(31)30-12-10-29(11-13-30)22-3-1-19(2-4-22)21-8-14-33-18-21;5-3(6)1-2-4(7)8/h1-6,8,14-16,18,28H,7,9-13,17,27H2;1-2H,(H,5,6)(H,7,8)/b;2-1+. The van der Waals surface area contributed by atoms with E-state index >= 15 is 0 Å². The van der Waals surface area contributed by atoms with Gasteiger partial charge in [0.1, 0.15) is 5.75 Å². The highest BCUT2D eigenvalue weighted by molar-refractivity contribution is 7.08. The Bertz CT molecular complexity index is 1470. The van der Waals surface area contributed by atoms with Crippen molar-refractivity contribution in [1.82, 2.24) is 9.88 Å². The molecule has 11 heteroatoms. The molecule has 10 nitrogen and oxygen atoms in total. The number of nitrogens with two attached hydrogens (primary N) is 1. The second-order valence-corrected chi connectivity index (χ2v) is 10.1. The van der Waals surface area contributed by atoms with E-state index in [0.717, 1.165) is 30.4 Å². The molecule has 0 aliphatic carbocycles. The number of aromatic amines is 1. The van der Waals surface area contributed by atoms with Crippen LogP contribution in [0.2, 0.25) is 0 Å².